The zero-order valence-electron chi connectivity index (χ0n) is 15.8. The highest BCUT2D eigenvalue weighted by atomic mass is 16.5. The van der Waals surface area contributed by atoms with Crippen molar-refractivity contribution in [2.24, 2.45) is 5.92 Å². The predicted octanol–water partition coefficient (Wildman–Crippen LogP) is 2.07. The van der Waals surface area contributed by atoms with Gasteiger partial charge in [-0.2, -0.15) is 0 Å². The summed E-state index contributed by atoms with van der Waals surface area (Å²) in [6.45, 7) is 4.15. The highest BCUT2D eigenvalue weighted by Crippen LogP contribution is 2.34. The Kier molecular flexibility index (Phi) is 5.30. The minimum atomic E-state index is -0.657. The normalized spacial score (nSPS) is 16.1. The van der Waals surface area contributed by atoms with Crippen LogP contribution in [0.2, 0.25) is 0 Å². The van der Waals surface area contributed by atoms with Gasteiger partial charge in [0.25, 0.3) is 5.91 Å². The van der Waals surface area contributed by atoms with Crippen LogP contribution in [-0.2, 0) is 16.1 Å². The van der Waals surface area contributed by atoms with E-state index in [1.165, 1.54) is 4.90 Å². The number of amides is 2. The Hall–Kier alpha value is -3.09. The third-order valence-corrected chi connectivity index (χ3v) is 4.47. The number of hydrogen-bond acceptors (Lipinski definition) is 5. The predicted molar refractivity (Wildman–Crippen MR) is 103 cm³/mol. The van der Waals surface area contributed by atoms with Crippen molar-refractivity contribution in [1.82, 2.24) is 9.88 Å². The van der Waals surface area contributed by atoms with Gasteiger partial charge in [-0.15, -0.1) is 0 Å². The standard InChI is InChI=1S/C20H24N4O3/c1-13(2)18-20(26)24(19-15(27-18)9-10-16(21)22-19)12-17(25)23(3)11-14-7-5-4-6-8-14/h4-10,13,18H,11-12H2,1-3H3,(H2,21,22). The molecule has 7 nitrogen and oxygen atoms in total. The molecule has 2 amide bonds. The van der Waals surface area contributed by atoms with Crippen LogP contribution in [0, 0.1) is 5.92 Å². The third-order valence-electron chi connectivity index (χ3n) is 4.47. The van der Waals surface area contributed by atoms with Crippen LogP contribution < -0.4 is 15.4 Å². The second-order valence-corrected chi connectivity index (χ2v) is 7.00. The highest BCUT2D eigenvalue weighted by Gasteiger charge is 2.38. The van der Waals surface area contributed by atoms with Crippen molar-refractivity contribution in [3.8, 4) is 5.75 Å². The lowest BCUT2D eigenvalue weighted by Crippen LogP contribution is -2.52. The number of ether oxygens (including phenoxy) is 1. The van der Waals surface area contributed by atoms with Crippen LogP contribution in [0.4, 0.5) is 11.6 Å². The molecule has 0 aliphatic carbocycles. The van der Waals surface area contributed by atoms with Gasteiger partial charge in [0.05, 0.1) is 0 Å². The number of nitrogen functional groups attached to an aromatic ring is 1. The van der Waals surface area contributed by atoms with E-state index in [2.05, 4.69) is 4.98 Å². The van der Waals surface area contributed by atoms with Crippen LogP contribution in [0.1, 0.15) is 19.4 Å². The van der Waals surface area contributed by atoms with E-state index in [4.69, 9.17) is 10.5 Å². The molecule has 1 aliphatic rings. The summed E-state index contributed by atoms with van der Waals surface area (Å²) in [7, 11) is 1.72. The summed E-state index contributed by atoms with van der Waals surface area (Å²) < 4.78 is 5.79. The smallest absolute Gasteiger partial charge is 0.270 e. The van der Waals surface area contributed by atoms with Crippen LogP contribution in [0.5, 0.6) is 5.75 Å². The van der Waals surface area contributed by atoms with Gasteiger partial charge >= 0.3 is 0 Å². The van der Waals surface area contributed by atoms with Crippen molar-refractivity contribution in [2.75, 3.05) is 24.2 Å². The van der Waals surface area contributed by atoms with E-state index < -0.39 is 6.10 Å². The van der Waals surface area contributed by atoms with Gasteiger partial charge in [-0.25, -0.2) is 4.98 Å². The Morgan fingerprint density at radius 1 is 1.26 bits per heavy atom. The molecule has 0 saturated carbocycles. The third kappa shape index (κ3) is 4.02. The summed E-state index contributed by atoms with van der Waals surface area (Å²) in [5.74, 6) is 0.509. The fraction of sp³-hybridized carbons (Fsp3) is 0.350. The minimum absolute atomic E-state index is 0.0390. The fourth-order valence-electron chi connectivity index (χ4n) is 2.96. The molecule has 0 spiro atoms. The van der Waals surface area contributed by atoms with Gasteiger partial charge in [0.15, 0.2) is 17.7 Å². The highest BCUT2D eigenvalue weighted by molar-refractivity contribution is 6.03. The molecule has 1 aliphatic heterocycles. The molecule has 7 heteroatoms. The van der Waals surface area contributed by atoms with Crippen LogP contribution in [0.15, 0.2) is 42.5 Å². The number of nitrogens with zero attached hydrogens (tertiary/aromatic N) is 3. The lowest BCUT2D eigenvalue weighted by molar-refractivity contribution is -0.133. The first-order valence-electron chi connectivity index (χ1n) is 8.89. The largest absolute Gasteiger partial charge is 0.476 e. The number of benzene rings is 1. The monoisotopic (exact) mass is 368 g/mol. The number of carbonyl (C=O) groups is 2. The van der Waals surface area contributed by atoms with Gasteiger partial charge in [0.2, 0.25) is 5.91 Å². The first kappa shape index (κ1) is 18.7. The Morgan fingerprint density at radius 2 is 1.96 bits per heavy atom. The molecule has 3 rings (SSSR count). The van der Waals surface area contributed by atoms with Gasteiger partial charge in [-0.05, 0) is 23.6 Å². The molecular weight excluding hydrogens is 344 g/mol. The van der Waals surface area contributed by atoms with Crippen LogP contribution in [-0.4, -0.2) is 41.4 Å². The molecule has 2 heterocycles. The quantitative estimate of drug-likeness (QED) is 0.873. The summed E-state index contributed by atoms with van der Waals surface area (Å²) in [4.78, 5) is 32.9. The van der Waals surface area contributed by atoms with Crippen molar-refractivity contribution >= 4 is 23.5 Å². The molecule has 1 atom stereocenters. The first-order chi connectivity index (χ1) is 12.9. The number of pyridine rings is 1. The number of nitrogens with two attached hydrogens (primary N) is 1. The van der Waals surface area contributed by atoms with E-state index >= 15 is 0 Å². The molecule has 1 aromatic heterocycles. The van der Waals surface area contributed by atoms with Crippen LogP contribution in [0.3, 0.4) is 0 Å². The van der Waals surface area contributed by atoms with Crippen LogP contribution >= 0.6 is 0 Å². The molecule has 0 fully saturated rings. The maximum atomic E-state index is 12.9. The molecule has 27 heavy (non-hydrogen) atoms. The molecule has 142 valence electrons. The van der Waals surface area contributed by atoms with E-state index in [-0.39, 0.29) is 30.1 Å². The van der Waals surface area contributed by atoms with E-state index in [0.29, 0.717) is 18.1 Å². The molecule has 2 N–H and O–H groups in total. The van der Waals surface area contributed by atoms with Crippen molar-refractivity contribution in [2.45, 2.75) is 26.5 Å². The Bertz CT molecular complexity index is 838. The van der Waals surface area contributed by atoms with Crippen LogP contribution in [0.25, 0.3) is 0 Å². The number of anilines is 2. The molecule has 0 bridgehead atoms. The van der Waals surface area contributed by atoms with Crippen molar-refractivity contribution in [3.05, 3.63) is 48.0 Å². The number of rotatable bonds is 5. The number of likely N-dealkylation sites (N-methyl/N-ethyl adjacent to an activating group) is 1. The Morgan fingerprint density at radius 3 is 2.63 bits per heavy atom. The zero-order valence-corrected chi connectivity index (χ0v) is 15.8. The molecule has 2 aromatic rings. The van der Waals surface area contributed by atoms with E-state index in [0.717, 1.165) is 5.56 Å². The number of fused-ring (bicyclic) bond motifs is 1. The molecule has 0 radical (unpaired) electrons. The van der Waals surface area contributed by atoms with Gasteiger partial charge in [0, 0.05) is 13.6 Å². The van der Waals surface area contributed by atoms with Crippen molar-refractivity contribution in [3.63, 3.8) is 0 Å². The summed E-state index contributed by atoms with van der Waals surface area (Å²) in [5, 5.41) is 0. The van der Waals surface area contributed by atoms with E-state index in [1.807, 2.05) is 44.2 Å². The summed E-state index contributed by atoms with van der Waals surface area (Å²) in [6.07, 6.45) is -0.657. The second-order valence-electron chi connectivity index (χ2n) is 7.00. The Balaban J connectivity index is 1.82. The van der Waals surface area contributed by atoms with E-state index in [9.17, 15) is 9.59 Å². The number of hydrogen-bond donors (Lipinski definition) is 1. The topological polar surface area (TPSA) is 88.8 Å². The SMILES string of the molecule is CC(C)C1Oc2ccc(N)nc2N(CC(=O)N(C)Cc2ccccc2)C1=O. The Labute approximate surface area is 158 Å². The van der Waals surface area contributed by atoms with Gasteiger partial charge in [0.1, 0.15) is 12.4 Å². The molecule has 1 aromatic carbocycles. The van der Waals surface area contributed by atoms with Gasteiger partial charge in [-0.1, -0.05) is 44.2 Å². The number of aromatic nitrogens is 1. The minimum Gasteiger partial charge on any atom is -0.476 e. The van der Waals surface area contributed by atoms with Crippen molar-refractivity contribution in [1.29, 1.82) is 0 Å². The summed E-state index contributed by atoms with van der Waals surface area (Å²) in [5.41, 5.74) is 6.79. The first-order valence-corrected chi connectivity index (χ1v) is 8.89. The lowest BCUT2D eigenvalue weighted by Gasteiger charge is -2.35. The average Bonchev–Trinajstić information content (AvgIpc) is 2.64. The molecule has 0 saturated heterocycles. The fourth-order valence-corrected chi connectivity index (χ4v) is 2.96. The van der Waals surface area contributed by atoms with Crippen molar-refractivity contribution < 1.29 is 14.3 Å². The lowest BCUT2D eigenvalue weighted by atomic mass is 10.0. The number of carbonyl (C=O) groups excluding carboxylic acids is 2. The molecule has 1 unspecified atom stereocenters. The second kappa shape index (κ2) is 7.65. The summed E-state index contributed by atoms with van der Waals surface area (Å²) in [6, 6.07) is 13.0. The summed E-state index contributed by atoms with van der Waals surface area (Å²) >= 11 is 0. The maximum Gasteiger partial charge on any atom is 0.270 e. The zero-order chi connectivity index (χ0) is 19.6. The maximum absolute atomic E-state index is 12.9. The van der Waals surface area contributed by atoms with E-state index in [1.54, 1.807) is 24.1 Å². The van der Waals surface area contributed by atoms with Gasteiger partial charge < -0.3 is 15.4 Å². The average molecular weight is 368 g/mol. The molecular formula is C20H24N4O3. The van der Waals surface area contributed by atoms with Gasteiger partial charge in [-0.3, -0.25) is 14.5 Å².